The summed E-state index contributed by atoms with van der Waals surface area (Å²) < 4.78 is 34.6. The highest BCUT2D eigenvalue weighted by Gasteiger charge is 2.37. The Labute approximate surface area is 233 Å². The SMILES string of the molecule is COc1cc(C2CC(=O)Oc3cc4c(c(OC)c32)C(=O)O[C@@H](C)CCCC(=O)CCC/C=C/4)cc2c1OCCO2. The van der Waals surface area contributed by atoms with Crippen LogP contribution >= 0.6 is 0 Å². The van der Waals surface area contributed by atoms with Crippen molar-refractivity contribution in [2.45, 2.75) is 63.9 Å². The fraction of sp³-hybridized carbons (Fsp3) is 0.452. The maximum atomic E-state index is 13.6. The van der Waals surface area contributed by atoms with Crippen molar-refractivity contribution in [2.24, 2.45) is 0 Å². The van der Waals surface area contributed by atoms with E-state index < -0.39 is 24.0 Å². The van der Waals surface area contributed by atoms with Crippen molar-refractivity contribution in [3.8, 4) is 28.7 Å². The van der Waals surface area contributed by atoms with E-state index >= 15 is 0 Å². The minimum absolute atomic E-state index is 0.0280. The van der Waals surface area contributed by atoms with Crippen LogP contribution < -0.4 is 23.7 Å². The van der Waals surface area contributed by atoms with E-state index in [2.05, 4.69) is 0 Å². The van der Waals surface area contributed by atoms with E-state index in [9.17, 15) is 14.4 Å². The zero-order valence-electron chi connectivity index (χ0n) is 23.1. The summed E-state index contributed by atoms with van der Waals surface area (Å²) >= 11 is 0. The number of carbonyl (C=O) groups is 3. The Balaban J connectivity index is 1.65. The smallest absolute Gasteiger partial charge is 0.342 e. The predicted molar refractivity (Wildman–Crippen MR) is 146 cm³/mol. The van der Waals surface area contributed by atoms with Crippen LogP contribution in [-0.4, -0.2) is 51.3 Å². The fourth-order valence-corrected chi connectivity index (χ4v) is 5.49. The molecule has 0 saturated carbocycles. The summed E-state index contributed by atoms with van der Waals surface area (Å²) in [6, 6.07) is 5.33. The molecule has 5 rings (SSSR count). The average molecular weight is 551 g/mol. The molecule has 0 bridgehead atoms. The Hall–Kier alpha value is -4.01. The van der Waals surface area contributed by atoms with E-state index in [-0.39, 0.29) is 17.8 Å². The van der Waals surface area contributed by atoms with Crippen molar-refractivity contribution in [1.82, 2.24) is 0 Å². The second-order valence-corrected chi connectivity index (χ2v) is 10.2. The van der Waals surface area contributed by atoms with Crippen LogP contribution in [0.2, 0.25) is 0 Å². The molecule has 0 saturated heterocycles. The lowest BCUT2D eigenvalue weighted by atomic mass is 9.83. The maximum absolute atomic E-state index is 13.6. The predicted octanol–water partition coefficient (Wildman–Crippen LogP) is 5.40. The van der Waals surface area contributed by atoms with E-state index in [1.54, 1.807) is 19.3 Å². The zero-order chi connectivity index (χ0) is 28.2. The van der Waals surface area contributed by atoms with Gasteiger partial charge in [-0.25, -0.2) is 4.79 Å². The van der Waals surface area contributed by atoms with Gasteiger partial charge in [-0.05, 0) is 61.9 Å². The minimum atomic E-state index is -0.536. The van der Waals surface area contributed by atoms with E-state index in [1.165, 1.54) is 7.11 Å². The first-order valence-corrected chi connectivity index (χ1v) is 13.7. The van der Waals surface area contributed by atoms with Crippen molar-refractivity contribution >= 4 is 23.8 Å². The van der Waals surface area contributed by atoms with E-state index in [4.69, 9.17) is 28.4 Å². The van der Waals surface area contributed by atoms with Crippen LogP contribution in [0.3, 0.4) is 0 Å². The topological polar surface area (TPSA) is 107 Å². The number of carbonyl (C=O) groups excluding carboxylic acids is 3. The second-order valence-electron chi connectivity index (χ2n) is 10.2. The molecule has 9 heteroatoms. The minimum Gasteiger partial charge on any atom is -0.495 e. The molecule has 0 spiro atoms. The number of benzene rings is 2. The normalized spacial score (nSPS) is 22.1. The molecule has 0 aromatic heterocycles. The van der Waals surface area contributed by atoms with Crippen molar-refractivity contribution in [3.05, 3.63) is 46.5 Å². The lowest BCUT2D eigenvalue weighted by Crippen LogP contribution is -2.24. The number of ketones is 1. The van der Waals surface area contributed by atoms with Crippen LogP contribution in [0.5, 0.6) is 28.7 Å². The van der Waals surface area contributed by atoms with Crippen LogP contribution in [0.4, 0.5) is 0 Å². The third kappa shape index (κ3) is 5.64. The Morgan fingerprint density at radius 1 is 0.925 bits per heavy atom. The third-order valence-electron chi connectivity index (χ3n) is 7.41. The van der Waals surface area contributed by atoms with Gasteiger partial charge in [-0.15, -0.1) is 0 Å². The summed E-state index contributed by atoms with van der Waals surface area (Å²) in [4.78, 5) is 38.6. The van der Waals surface area contributed by atoms with Gasteiger partial charge in [-0.1, -0.05) is 12.2 Å². The Kier molecular flexibility index (Phi) is 8.28. The van der Waals surface area contributed by atoms with Gasteiger partial charge >= 0.3 is 11.9 Å². The summed E-state index contributed by atoms with van der Waals surface area (Å²) in [5.74, 6) is 0.890. The maximum Gasteiger partial charge on any atom is 0.342 e. The molecule has 3 aliphatic heterocycles. The fourth-order valence-electron chi connectivity index (χ4n) is 5.49. The standard InChI is InChI=1S/C31H34O9/c1-18-8-7-11-21(32)10-6-4-5-9-19-14-23-28(30(36-3)27(19)31(34)39-18)22(17-26(33)40-23)20-15-24(35-2)29-25(16-20)37-12-13-38-29/h5,9,14-16,18,22H,4,6-8,10-13,17H2,1-3H3/b9-5+/t18-,22?/m0/s1. The molecule has 1 unspecified atom stereocenters. The van der Waals surface area contributed by atoms with Gasteiger partial charge in [-0.2, -0.15) is 0 Å². The zero-order valence-corrected chi connectivity index (χ0v) is 23.1. The van der Waals surface area contributed by atoms with Gasteiger partial charge in [0, 0.05) is 24.3 Å². The van der Waals surface area contributed by atoms with Crippen molar-refractivity contribution in [1.29, 1.82) is 0 Å². The number of cyclic esters (lactones) is 1. The molecule has 0 fully saturated rings. The second kappa shape index (κ2) is 12.0. The summed E-state index contributed by atoms with van der Waals surface area (Å²) in [6.45, 7) is 2.62. The first kappa shape index (κ1) is 27.6. The molecule has 3 aliphatic rings. The summed E-state index contributed by atoms with van der Waals surface area (Å²) in [7, 11) is 3.04. The van der Waals surface area contributed by atoms with Crippen LogP contribution in [0, 0.1) is 0 Å². The summed E-state index contributed by atoms with van der Waals surface area (Å²) in [5, 5.41) is 0. The molecule has 9 nitrogen and oxygen atoms in total. The van der Waals surface area contributed by atoms with Gasteiger partial charge in [0.05, 0.1) is 26.7 Å². The Bertz CT molecular complexity index is 1330. The van der Waals surface area contributed by atoms with Crippen LogP contribution in [-0.2, 0) is 14.3 Å². The number of hydrogen-bond acceptors (Lipinski definition) is 9. The summed E-state index contributed by atoms with van der Waals surface area (Å²) in [5.41, 5.74) is 2.10. The number of hydrogen-bond donors (Lipinski definition) is 0. The number of ether oxygens (including phenoxy) is 6. The molecular weight excluding hydrogens is 516 g/mol. The Morgan fingerprint density at radius 2 is 1.73 bits per heavy atom. The van der Waals surface area contributed by atoms with Gasteiger partial charge in [0.1, 0.15) is 36.1 Å². The lowest BCUT2D eigenvalue weighted by molar-refractivity contribution is -0.135. The van der Waals surface area contributed by atoms with E-state index in [0.717, 1.165) is 12.0 Å². The first-order chi connectivity index (χ1) is 19.4. The van der Waals surface area contributed by atoms with Gasteiger partial charge in [0.15, 0.2) is 11.5 Å². The highest BCUT2D eigenvalue weighted by Crippen LogP contribution is 2.50. The van der Waals surface area contributed by atoms with Gasteiger partial charge in [0.25, 0.3) is 0 Å². The Morgan fingerprint density at radius 3 is 2.52 bits per heavy atom. The molecule has 2 aromatic rings. The van der Waals surface area contributed by atoms with Crippen molar-refractivity contribution in [3.63, 3.8) is 0 Å². The molecule has 0 radical (unpaired) electrons. The molecule has 2 aromatic carbocycles. The average Bonchev–Trinajstić information content (AvgIpc) is 2.94. The number of methoxy groups -OCH3 is 2. The molecule has 2 atom stereocenters. The molecule has 3 heterocycles. The molecule has 0 amide bonds. The first-order valence-electron chi connectivity index (χ1n) is 13.7. The highest BCUT2D eigenvalue weighted by molar-refractivity contribution is 5.99. The van der Waals surface area contributed by atoms with E-state index in [1.807, 2.05) is 25.1 Å². The van der Waals surface area contributed by atoms with E-state index in [0.29, 0.717) is 85.2 Å². The van der Waals surface area contributed by atoms with Gasteiger partial charge in [0.2, 0.25) is 5.75 Å². The number of fused-ring (bicyclic) bond motifs is 3. The summed E-state index contributed by atoms with van der Waals surface area (Å²) in [6.07, 6.45) is 6.94. The third-order valence-corrected chi connectivity index (χ3v) is 7.41. The lowest BCUT2D eigenvalue weighted by Gasteiger charge is -2.30. The monoisotopic (exact) mass is 550 g/mol. The van der Waals surface area contributed by atoms with Crippen LogP contribution in [0.25, 0.3) is 6.08 Å². The number of Topliss-reactive ketones (excluding diaryl/α,β-unsaturated/α-hetero) is 1. The largest absolute Gasteiger partial charge is 0.495 e. The quantitative estimate of drug-likeness (QED) is 0.367. The number of esters is 2. The molecular formula is C31H34O9. The number of rotatable bonds is 3. The molecule has 0 aliphatic carbocycles. The van der Waals surface area contributed by atoms with Gasteiger partial charge in [-0.3, -0.25) is 9.59 Å². The number of allylic oxidation sites excluding steroid dienone is 1. The molecule has 40 heavy (non-hydrogen) atoms. The van der Waals surface area contributed by atoms with Crippen LogP contribution in [0.1, 0.15) is 84.8 Å². The van der Waals surface area contributed by atoms with Crippen LogP contribution in [0.15, 0.2) is 24.3 Å². The van der Waals surface area contributed by atoms with Crippen molar-refractivity contribution in [2.75, 3.05) is 27.4 Å². The molecule has 0 N–H and O–H groups in total. The molecule has 212 valence electrons. The van der Waals surface area contributed by atoms with Gasteiger partial charge < -0.3 is 28.4 Å². The van der Waals surface area contributed by atoms with Crippen molar-refractivity contribution < 1.29 is 42.8 Å². The highest BCUT2D eigenvalue weighted by atomic mass is 16.6.